The second-order valence-corrected chi connectivity index (χ2v) is 7.31. The lowest BCUT2D eigenvalue weighted by Gasteiger charge is -2.31. The number of alkyl halides is 3. The maximum atomic E-state index is 12.3. The Balaban J connectivity index is 1.80. The van der Waals surface area contributed by atoms with E-state index in [1.165, 1.54) is 0 Å². The third-order valence-electron chi connectivity index (χ3n) is 4.89. The Kier molecular flexibility index (Phi) is 10.2. The summed E-state index contributed by atoms with van der Waals surface area (Å²) in [5, 5.41) is 5.67. The molecule has 170 valence electrons. The SMILES string of the molecule is CCNC(=NCc1cccc(OCCN(C)C2CCOCC2)c1)NCCC(F)(F)F. The summed E-state index contributed by atoms with van der Waals surface area (Å²) in [4.78, 5) is 6.68. The zero-order chi connectivity index (χ0) is 21.8. The number of aliphatic imine (C=N–C) groups is 1. The van der Waals surface area contributed by atoms with E-state index in [-0.39, 0.29) is 6.54 Å². The Labute approximate surface area is 176 Å². The van der Waals surface area contributed by atoms with Crippen molar-refractivity contribution in [1.29, 1.82) is 0 Å². The highest BCUT2D eigenvalue weighted by molar-refractivity contribution is 5.79. The predicted octanol–water partition coefficient (Wildman–Crippen LogP) is 3.18. The van der Waals surface area contributed by atoms with Crippen molar-refractivity contribution in [1.82, 2.24) is 15.5 Å². The number of ether oxygens (including phenoxy) is 2. The van der Waals surface area contributed by atoms with E-state index in [2.05, 4.69) is 27.6 Å². The number of guanidine groups is 1. The highest BCUT2D eigenvalue weighted by Gasteiger charge is 2.26. The summed E-state index contributed by atoms with van der Waals surface area (Å²) in [5.41, 5.74) is 0.929. The molecule has 1 heterocycles. The van der Waals surface area contributed by atoms with Crippen molar-refractivity contribution in [3.05, 3.63) is 29.8 Å². The highest BCUT2D eigenvalue weighted by Crippen LogP contribution is 2.18. The molecule has 1 aromatic carbocycles. The molecule has 1 saturated heterocycles. The Morgan fingerprint density at radius 1 is 1.27 bits per heavy atom. The summed E-state index contributed by atoms with van der Waals surface area (Å²) in [5.74, 6) is 1.13. The standard InChI is InChI=1S/C21H33F3N4O2/c1-3-25-20(26-10-9-21(22,23)24)27-16-17-5-4-6-19(15-17)30-14-11-28(2)18-7-12-29-13-8-18/h4-6,15,18H,3,7-14,16H2,1-2H3,(H2,25,26,27). The van der Waals surface area contributed by atoms with Gasteiger partial charge in [0.2, 0.25) is 0 Å². The summed E-state index contributed by atoms with van der Waals surface area (Å²) in [6.07, 6.45) is -2.98. The van der Waals surface area contributed by atoms with Gasteiger partial charge in [-0.25, -0.2) is 4.99 Å². The van der Waals surface area contributed by atoms with Crippen LogP contribution in [-0.4, -0.2) is 69.6 Å². The number of nitrogens with zero attached hydrogens (tertiary/aromatic N) is 2. The van der Waals surface area contributed by atoms with Gasteiger partial charge in [-0.1, -0.05) is 12.1 Å². The average molecular weight is 431 g/mol. The largest absolute Gasteiger partial charge is 0.492 e. The Hall–Kier alpha value is -2.00. The van der Waals surface area contributed by atoms with E-state index in [4.69, 9.17) is 9.47 Å². The van der Waals surface area contributed by atoms with Gasteiger partial charge in [0.25, 0.3) is 0 Å². The first-order chi connectivity index (χ1) is 14.4. The van der Waals surface area contributed by atoms with E-state index in [1.807, 2.05) is 31.2 Å². The molecule has 0 aliphatic carbocycles. The Morgan fingerprint density at radius 2 is 2.03 bits per heavy atom. The summed E-state index contributed by atoms with van der Waals surface area (Å²) in [6.45, 7) is 5.63. The predicted molar refractivity (Wildman–Crippen MR) is 112 cm³/mol. The van der Waals surface area contributed by atoms with Gasteiger partial charge in [-0.2, -0.15) is 13.2 Å². The maximum Gasteiger partial charge on any atom is 0.390 e. The molecule has 1 aliphatic rings. The van der Waals surface area contributed by atoms with E-state index in [1.54, 1.807) is 0 Å². The molecule has 0 radical (unpaired) electrons. The topological polar surface area (TPSA) is 58.1 Å². The van der Waals surface area contributed by atoms with Gasteiger partial charge in [0.05, 0.1) is 13.0 Å². The maximum absolute atomic E-state index is 12.3. The van der Waals surface area contributed by atoms with Crippen LogP contribution in [0.5, 0.6) is 5.75 Å². The molecule has 0 unspecified atom stereocenters. The molecular formula is C21H33F3N4O2. The van der Waals surface area contributed by atoms with E-state index in [0.717, 1.165) is 43.9 Å². The molecule has 1 aliphatic heterocycles. The summed E-state index contributed by atoms with van der Waals surface area (Å²) in [7, 11) is 2.11. The van der Waals surface area contributed by atoms with Crippen LogP contribution in [0.15, 0.2) is 29.3 Å². The van der Waals surface area contributed by atoms with Crippen molar-refractivity contribution in [2.24, 2.45) is 4.99 Å². The number of nitrogens with one attached hydrogen (secondary N) is 2. The minimum atomic E-state index is -4.19. The second-order valence-electron chi connectivity index (χ2n) is 7.31. The summed E-state index contributed by atoms with van der Waals surface area (Å²) in [6, 6.07) is 8.17. The van der Waals surface area contributed by atoms with Crippen LogP contribution in [0.2, 0.25) is 0 Å². The number of benzene rings is 1. The molecule has 30 heavy (non-hydrogen) atoms. The zero-order valence-electron chi connectivity index (χ0n) is 17.8. The fourth-order valence-corrected chi connectivity index (χ4v) is 3.18. The number of likely N-dealkylation sites (N-methyl/N-ethyl adjacent to an activating group) is 1. The van der Waals surface area contributed by atoms with Gasteiger partial charge in [0, 0.05) is 38.9 Å². The first kappa shape index (κ1) is 24.3. The molecule has 0 spiro atoms. The number of hydrogen-bond acceptors (Lipinski definition) is 4. The van der Waals surface area contributed by atoms with Gasteiger partial charge < -0.3 is 20.1 Å². The molecular weight excluding hydrogens is 397 g/mol. The molecule has 0 aromatic heterocycles. The van der Waals surface area contributed by atoms with Crippen LogP contribution in [0.3, 0.4) is 0 Å². The molecule has 2 rings (SSSR count). The lowest BCUT2D eigenvalue weighted by Crippen LogP contribution is -2.38. The molecule has 0 saturated carbocycles. The summed E-state index contributed by atoms with van der Waals surface area (Å²) >= 11 is 0. The van der Waals surface area contributed by atoms with Crippen LogP contribution in [0.4, 0.5) is 13.2 Å². The van der Waals surface area contributed by atoms with Crippen molar-refractivity contribution in [3.63, 3.8) is 0 Å². The van der Waals surface area contributed by atoms with Crippen LogP contribution in [0, 0.1) is 0 Å². The number of halogens is 3. The normalized spacial score (nSPS) is 16.0. The molecule has 6 nitrogen and oxygen atoms in total. The first-order valence-corrected chi connectivity index (χ1v) is 10.5. The Morgan fingerprint density at radius 3 is 2.73 bits per heavy atom. The molecule has 0 amide bonds. The van der Waals surface area contributed by atoms with Gasteiger partial charge in [-0.3, -0.25) is 4.90 Å². The average Bonchev–Trinajstić information content (AvgIpc) is 2.72. The van der Waals surface area contributed by atoms with Gasteiger partial charge >= 0.3 is 6.18 Å². The van der Waals surface area contributed by atoms with Crippen molar-refractivity contribution in [3.8, 4) is 5.75 Å². The van der Waals surface area contributed by atoms with Gasteiger partial charge in [0.15, 0.2) is 5.96 Å². The van der Waals surface area contributed by atoms with Gasteiger partial charge in [-0.15, -0.1) is 0 Å². The monoisotopic (exact) mass is 430 g/mol. The fraction of sp³-hybridized carbons (Fsp3) is 0.667. The van der Waals surface area contributed by atoms with Crippen molar-refractivity contribution in [2.75, 3.05) is 46.5 Å². The number of hydrogen-bond donors (Lipinski definition) is 2. The zero-order valence-corrected chi connectivity index (χ0v) is 17.8. The van der Waals surface area contributed by atoms with Crippen LogP contribution < -0.4 is 15.4 Å². The quantitative estimate of drug-likeness (QED) is 0.441. The Bertz CT molecular complexity index is 649. The van der Waals surface area contributed by atoms with Crippen molar-refractivity contribution in [2.45, 2.75) is 44.9 Å². The third kappa shape index (κ3) is 9.67. The lowest BCUT2D eigenvalue weighted by molar-refractivity contribution is -0.132. The van der Waals surface area contributed by atoms with E-state index >= 15 is 0 Å². The van der Waals surface area contributed by atoms with Crippen molar-refractivity contribution >= 4 is 5.96 Å². The molecule has 2 N–H and O–H groups in total. The van der Waals surface area contributed by atoms with Crippen LogP contribution >= 0.6 is 0 Å². The van der Waals surface area contributed by atoms with Gasteiger partial charge in [-0.05, 0) is 44.5 Å². The van der Waals surface area contributed by atoms with Crippen LogP contribution in [0.1, 0.15) is 31.7 Å². The molecule has 9 heteroatoms. The van der Waals surface area contributed by atoms with Crippen LogP contribution in [0.25, 0.3) is 0 Å². The summed E-state index contributed by atoms with van der Waals surface area (Å²) < 4.78 is 48.3. The fourth-order valence-electron chi connectivity index (χ4n) is 3.18. The molecule has 1 fully saturated rings. The third-order valence-corrected chi connectivity index (χ3v) is 4.89. The van der Waals surface area contributed by atoms with E-state index in [0.29, 0.717) is 31.7 Å². The van der Waals surface area contributed by atoms with Crippen LogP contribution in [-0.2, 0) is 11.3 Å². The number of rotatable bonds is 10. The highest BCUT2D eigenvalue weighted by atomic mass is 19.4. The molecule has 0 atom stereocenters. The van der Waals surface area contributed by atoms with Crippen molar-refractivity contribution < 1.29 is 22.6 Å². The lowest BCUT2D eigenvalue weighted by atomic mass is 10.1. The van der Waals surface area contributed by atoms with Gasteiger partial charge in [0.1, 0.15) is 12.4 Å². The smallest absolute Gasteiger partial charge is 0.390 e. The first-order valence-electron chi connectivity index (χ1n) is 10.5. The minimum Gasteiger partial charge on any atom is -0.492 e. The van der Waals surface area contributed by atoms with E-state index < -0.39 is 12.6 Å². The molecule has 0 bridgehead atoms. The second kappa shape index (κ2) is 12.6. The molecule has 1 aromatic rings. The minimum absolute atomic E-state index is 0.209. The van der Waals surface area contributed by atoms with E-state index in [9.17, 15) is 13.2 Å².